The molecule has 0 bridgehead atoms. The first-order valence-electron chi connectivity index (χ1n) is 16.1. The van der Waals surface area contributed by atoms with E-state index in [0.717, 1.165) is 83.8 Å². The molecule has 1 heterocycles. The number of nitrogens with zero attached hydrogens (tertiary/aromatic N) is 1. The molecule has 0 aliphatic carbocycles. The Morgan fingerprint density at radius 3 is 2.15 bits per heavy atom. The number of esters is 1. The highest BCUT2D eigenvalue weighted by Crippen LogP contribution is 2.17. The first-order chi connectivity index (χ1) is 20.0. The minimum atomic E-state index is -0.723. The molecule has 0 aromatic carbocycles. The third-order valence-electron chi connectivity index (χ3n) is 7.03. The van der Waals surface area contributed by atoms with Crippen molar-refractivity contribution in [1.82, 2.24) is 4.90 Å². The Bertz CT molecular complexity index is 688. The molecule has 0 aromatic rings. The summed E-state index contributed by atoms with van der Waals surface area (Å²) < 4.78 is 28.0. The molecule has 2 atom stereocenters. The molecular formula is C33H58NO7. The van der Waals surface area contributed by atoms with E-state index >= 15 is 0 Å². The minimum Gasteiger partial charge on any atom is -0.458 e. The fourth-order valence-corrected chi connectivity index (χ4v) is 4.56. The van der Waals surface area contributed by atoms with E-state index in [9.17, 15) is 9.59 Å². The quantitative estimate of drug-likeness (QED) is 0.0505. The highest BCUT2D eigenvalue weighted by atomic mass is 16.7. The van der Waals surface area contributed by atoms with E-state index in [1.54, 1.807) is 13.3 Å². The van der Waals surface area contributed by atoms with Crippen LogP contribution in [0, 0.1) is 12.3 Å². The van der Waals surface area contributed by atoms with E-state index < -0.39 is 18.5 Å². The molecule has 1 aliphatic heterocycles. The van der Waals surface area contributed by atoms with Gasteiger partial charge in [0.25, 0.3) is 0 Å². The van der Waals surface area contributed by atoms with Crippen LogP contribution in [0.25, 0.3) is 0 Å². The first kappa shape index (κ1) is 37.1. The van der Waals surface area contributed by atoms with Crippen LogP contribution in [0.2, 0.25) is 0 Å². The number of hydrogen-bond acceptors (Lipinski definition) is 8. The van der Waals surface area contributed by atoms with Crippen molar-refractivity contribution in [1.29, 1.82) is 0 Å². The molecule has 8 heteroatoms. The van der Waals surface area contributed by atoms with Crippen molar-refractivity contribution in [2.75, 3.05) is 46.1 Å². The number of ether oxygens (including phenoxy) is 5. The van der Waals surface area contributed by atoms with Crippen molar-refractivity contribution in [3.63, 3.8) is 0 Å². The van der Waals surface area contributed by atoms with E-state index in [-0.39, 0.29) is 19.0 Å². The molecule has 1 radical (unpaired) electrons. The van der Waals surface area contributed by atoms with Crippen LogP contribution < -0.4 is 0 Å². The lowest BCUT2D eigenvalue weighted by molar-refractivity contribution is -0.162. The van der Waals surface area contributed by atoms with Gasteiger partial charge >= 0.3 is 12.1 Å². The number of likely N-dealkylation sites (tertiary alicyclic amines) is 1. The van der Waals surface area contributed by atoms with Crippen molar-refractivity contribution in [3.05, 3.63) is 30.7 Å². The summed E-state index contributed by atoms with van der Waals surface area (Å²) >= 11 is 0. The summed E-state index contributed by atoms with van der Waals surface area (Å²) in [7, 11) is 0. The smallest absolute Gasteiger partial charge is 0.458 e. The Morgan fingerprint density at radius 1 is 0.902 bits per heavy atom. The van der Waals surface area contributed by atoms with Gasteiger partial charge in [-0.3, -0.25) is 4.79 Å². The number of carbonyl (C=O) groups is 2. The van der Waals surface area contributed by atoms with Crippen LogP contribution in [0.4, 0.5) is 4.79 Å². The fraction of sp³-hybridized carbons (Fsp3) is 0.788. The van der Waals surface area contributed by atoms with Crippen LogP contribution >= 0.6 is 0 Å². The second kappa shape index (κ2) is 25.8. The third-order valence-corrected chi connectivity index (χ3v) is 7.03. The summed E-state index contributed by atoms with van der Waals surface area (Å²) in [5, 5.41) is 0. The summed E-state index contributed by atoms with van der Waals surface area (Å²) in [6.07, 6.45) is 19.6. The summed E-state index contributed by atoms with van der Waals surface area (Å²) in [5.74, 6) is -0.0469. The molecule has 0 spiro atoms. The maximum atomic E-state index is 12.6. The number of piperidine rings is 1. The molecule has 0 aromatic heterocycles. The SMILES string of the molecule is C[CH]C(COC(=O)OCC1CCCN(CC)C1)OC(=O)CCC(OCCCC/C=C\CC)OCCCC/C=C\CC. The molecule has 8 nitrogen and oxygen atoms in total. The lowest BCUT2D eigenvalue weighted by Gasteiger charge is -2.31. The summed E-state index contributed by atoms with van der Waals surface area (Å²) in [5.41, 5.74) is 0. The summed E-state index contributed by atoms with van der Waals surface area (Å²) in [6.45, 7) is 12.7. The van der Waals surface area contributed by atoms with Crippen molar-refractivity contribution in [2.24, 2.45) is 5.92 Å². The second-order valence-corrected chi connectivity index (χ2v) is 10.6. The number of unbranched alkanes of at least 4 members (excludes halogenated alkanes) is 4. The highest BCUT2D eigenvalue weighted by Gasteiger charge is 2.22. The lowest BCUT2D eigenvalue weighted by atomic mass is 9.99. The molecule has 1 saturated heterocycles. The molecule has 1 aliphatic rings. The monoisotopic (exact) mass is 580 g/mol. The van der Waals surface area contributed by atoms with E-state index in [4.69, 9.17) is 23.7 Å². The molecule has 1 fully saturated rings. The molecule has 0 N–H and O–H groups in total. The molecule has 0 saturated carbocycles. The van der Waals surface area contributed by atoms with E-state index in [0.29, 0.717) is 32.2 Å². The molecule has 1 rings (SSSR count). The van der Waals surface area contributed by atoms with Gasteiger partial charge in [0.1, 0.15) is 12.7 Å². The summed E-state index contributed by atoms with van der Waals surface area (Å²) in [6, 6.07) is 0. The Morgan fingerprint density at radius 2 is 1.56 bits per heavy atom. The van der Waals surface area contributed by atoms with Crippen LogP contribution in [-0.2, 0) is 28.5 Å². The van der Waals surface area contributed by atoms with Gasteiger partial charge in [0.2, 0.25) is 0 Å². The van der Waals surface area contributed by atoms with Gasteiger partial charge in [0.15, 0.2) is 6.29 Å². The zero-order chi connectivity index (χ0) is 30.0. The number of carbonyl (C=O) groups excluding carboxylic acids is 2. The predicted molar refractivity (Wildman–Crippen MR) is 163 cm³/mol. The van der Waals surface area contributed by atoms with Crippen molar-refractivity contribution < 1.29 is 33.3 Å². The van der Waals surface area contributed by atoms with Gasteiger partial charge in [-0.25, -0.2) is 4.79 Å². The predicted octanol–water partition coefficient (Wildman–Crippen LogP) is 7.42. The van der Waals surface area contributed by atoms with Crippen LogP contribution in [0.15, 0.2) is 24.3 Å². The van der Waals surface area contributed by atoms with Crippen molar-refractivity contribution >= 4 is 12.1 Å². The Balaban J connectivity index is 2.36. The van der Waals surface area contributed by atoms with Gasteiger partial charge in [-0.15, -0.1) is 0 Å². The van der Waals surface area contributed by atoms with Gasteiger partial charge in [-0.1, -0.05) is 52.0 Å². The lowest BCUT2D eigenvalue weighted by Crippen LogP contribution is -2.37. The Hall–Kier alpha value is -1.90. The topological polar surface area (TPSA) is 83.5 Å². The van der Waals surface area contributed by atoms with Crippen LogP contribution in [0.1, 0.15) is 105 Å². The van der Waals surface area contributed by atoms with Gasteiger partial charge < -0.3 is 28.6 Å². The maximum absolute atomic E-state index is 12.6. The normalized spacial score (nSPS) is 17.0. The van der Waals surface area contributed by atoms with Gasteiger partial charge in [0.05, 0.1) is 13.0 Å². The summed E-state index contributed by atoms with van der Waals surface area (Å²) in [4.78, 5) is 27.0. The fourth-order valence-electron chi connectivity index (χ4n) is 4.56. The largest absolute Gasteiger partial charge is 0.508 e. The van der Waals surface area contributed by atoms with E-state index in [1.165, 1.54) is 0 Å². The maximum Gasteiger partial charge on any atom is 0.508 e. The zero-order valence-electron chi connectivity index (χ0n) is 26.4. The van der Waals surface area contributed by atoms with Crippen LogP contribution in [0.3, 0.4) is 0 Å². The number of hydrogen-bond donors (Lipinski definition) is 0. The molecular weight excluding hydrogens is 522 g/mol. The Labute approximate surface area is 250 Å². The van der Waals surface area contributed by atoms with Crippen LogP contribution in [0.5, 0.6) is 0 Å². The first-order valence-corrected chi connectivity index (χ1v) is 16.1. The van der Waals surface area contributed by atoms with Gasteiger partial charge in [-0.2, -0.15) is 0 Å². The van der Waals surface area contributed by atoms with E-state index in [2.05, 4.69) is 50.0 Å². The molecule has 41 heavy (non-hydrogen) atoms. The Kier molecular flexibility index (Phi) is 23.3. The molecule has 237 valence electrons. The molecule has 2 unspecified atom stereocenters. The second-order valence-electron chi connectivity index (χ2n) is 10.6. The third kappa shape index (κ3) is 20.6. The average Bonchev–Trinajstić information content (AvgIpc) is 2.99. The van der Waals surface area contributed by atoms with Gasteiger partial charge in [0, 0.05) is 38.5 Å². The highest BCUT2D eigenvalue weighted by molar-refractivity contribution is 5.69. The van der Waals surface area contributed by atoms with Gasteiger partial charge in [-0.05, 0) is 77.3 Å². The number of allylic oxidation sites excluding steroid dienone is 4. The zero-order valence-corrected chi connectivity index (χ0v) is 26.4. The van der Waals surface area contributed by atoms with Crippen molar-refractivity contribution in [2.45, 2.75) is 117 Å². The van der Waals surface area contributed by atoms with E-state index in [1.807, 2.05) is 0 Å². The van der Waals surface area contributed by atoms with Crippen LogP contribution in [-0.4, -0.2) is 75.5 Å². The minimum absolute atomic E-state index is 0.0673. The molecule has 0 amide bonds. The average molecular weight is 581 g/mol. The number of rotatable bonds is 24. The van der Waals surface area contributed by atoms with Crippen molar-refractivity contribution in [3.8, 4) is 0 Å². The standard InChI is InChI=1S/C33H58NO7/c1-5-9-11-13-15-17-24-37-32(38-25-18-16-14-12-10-6-2)22-21-31(35)41-30(7-3)28-40-33(36)39-27-29-20-19-23-34(8-4)26-29/h7,9-12,29-30,32H,5-6,8,13-28H2,1-4H3/b11-9-,12-10-.